The first-order chi connectivity index (χ1) is 9.91. The molecule has 1 aromatic rings. The summed E-state index contributed by atoms with van der Waals surface area (Å²) in [6.45, 7) is 6.45. The molecule has 0 radical (unpaired) electrons. The highest BCUT2D eigenvalue weighted by Crippen LogP contribution is 2.31. The number of aromatic nitrogens is 1. The van der Waals surface area contributed by atoms with Gasteiger partial charge in [-0.2, -0.15) is 0 Å². The van der Waals surface area contributed by atoms with Gasteiger partial charge in [-0.3, -0.25) is 9.59 Å². The van der Waals surface area contributed by atoms with Crippen molar-refractivity contribution >= 4 is 11.9 Å². The van der Waals surface area contributed by atoms with E-state index in [0.29, 0.717) is 13.0 Å². The Bertz CT molecular complexity index is 536. The molecule has 1 saturated heterocycles. The molecular formula is C15H22N2O4. The molecule has 1 fully saturated rings. The lowest BCUT2D eigenvalue weighted by Crippen LogP contribution is -2.34. The van der Waals surface area contributed by atoms with Gasteiger partial charge in [0, 0.05) is 25.1 Å². The van der Waals surface area contributed by atoms with Crippen LogP contribution in [0, 0.1) is 5.41 Å². The minimum absolute atomic E-state index is 0.200. The van der Waals surface area contributed by atoms with Crippen molar-refractivity contribution < 1.29 is 19.2 Å². The van der Waals surface area contributed by atoms with E-state index in [2.05, 4.69) is 19.0 Å². The second-order valence-electron chi connectivity index (χ2n) is 5.97. The number of carboxylic acids is 1. The van der Waals surface area contributed by atoms with Gasteiger partial charge in [-0.25, -0.2) is 0 Å². The van der Waals surface area contributed by atoms with Crippen molar-refractivity contribution in [2.45, 2.75) is 46.0 Å². The molecule has 1 aliphatic rings. The molecule has 1 aromatic heterocycles. The van der Waals surface area contributed by atoms with Crippen molar-refractivity contribution in [3.8, 4) is 0 Å². The van der Waals surface area contributed by atoms with Crippen LogP contribution in [-0.4, -0.2) is 40.1 Å². The molecule has 1 unspecified atom stereocenters. The van der Waals surface area contributed by atoms with E-state index in [4.69, 9.17) is 4.52 Å². The fraction of sp³-hybridized carbons (Fsp3) is 0.667. The van der Waals surface area contributed by atoms with Crippen molar-refractivity contribution in [2.75, 3.05) is 13.1 Å². The van der Waals surface area contributed by atoms with Gasteiger partial charge < -0.3 is 14.5 Å². The molecule has 0 spiro atoms. The molecule has 21 heavy (non-hydrogen) atoms. The Labute approximate surface area is 124 Å². The molecule has 1 N–H and O–H groups in total. The minimum Gasteiger partial charge on any atom is -0.481 e. The first-order valence-corrected chi connectivity index (χ1v) is 7.40. The molecule has 0 bridgehead atoms. The summed E-state index contributed by atoms with van der Waals surface area (Å²) in [7, 11) is 0. The standard InChI is InChI=1S/C15H22N2O4/c1-4-10(5-2)11-8-12(21-16-11)13(18)17-7-6-15(3,9-17)14(19)20/h8,10H,4-7,9H2,1-3H3,(H,19,20). The maximum Gasteiger partial charge on any atom is 0.311 e. The van der Waals surface area contributed by atoms with Crippen LogP contribution >= 0.6 is 0 Å². The average Bonchev–Trinajstić information content (AvgIpc) is 3.08. The van der Waals surface area contributed by atoms with Crippen LogP contribution in [0.5, 0.6) is 0 Å². The largest absolute Gasteiger partial charge is 0.481 e. The zero-order valence-corrected chi connectivity index (χ0v) is 12.8. The van der Waals surface area contributed by atoms with Gasteiger partial charge in [0.25, 0.3) is 5.91 Å². The maximum atomic E-state index is 12.4. The Balaban J connectivity index is 2.10. The molecule has 1 atom stereocenters. The fourth-order valence-electron chi connectivity index (χ4n) is 2.75. The molecular weight excluding hydrogens is 272 g/mol. The number of likely N-dealkylation sites (tertiary alicyclic amines) is 1. The van der Waals surface area contributed by atoms with Gasteiger partial charge in [0.2, 0.25) is 5.76 Å². The lowest BCUT2D eigenvalue weighted by atomic mass is 9.90. The van der Waals surface area contributed by atoms with Gasteiger partial charge in [-0.05, 0) is 26.2 Å². The van der Waals surface area contributed by atoms with Gasteiger partial charge in [-0.1, -0.05) is 19.0 Å². The third kappa shape index (κ3) is 2.94. The highest BCUT2D eigenvalue weighted by Gasteiger charge is 2.43. The monoisotopic (exact) mass is 294 g/mol. The topological polar surface area (TPSA) is 83.6 Å². The number of carboxylic acid groups (broad SMARTS) is 1. The van der Waals surface area contributed by atoms with Crippen LogP contribution in [0.15, 0.2) is 10.6 Å². The van der Waals surface area contributed by atoms with Crippen molar-refractivity contribution in [3.05, 3.63) is 17.5 Å². The average molecular weight is 294 g/mol. The number of aliphatic carboxylic acids is 1. The summed E-state index contributed by atoms with van der Waals surface area (Å²) in [4.78, 5) is 25.1. The number of rotatable bonds is 5. The summed E-state index contributed by atoms with van der Waals surface area (Å²) in [6.07, 6.45) is 2.34. The van der Waals surface area contributed by atoms with Crippen LogP contribution in [0.1, 0.15) is 62.2 Å². The fourth-order valence-corrected chi connectivity index (χ4v) is 2.75. The summed E-state index contributed by atoms with van der Waals surface area (Å²) < 4.78 is 5.16. The van der Waals surface area contributed by atoms with Crippen LogP contribution in [-0.2, 0) is 4.79 Å². The molecule has 116 valence electrons. The Hall–Kier alpha value is -1.85. The first kappa shape index (κ1) is 15.5. The van der Waals surface area contributed by atoms with E-state index in [0.717, 1.165) is 18.5 Å². The second-order valence-corrected chi connectivity index (χ2v) is 5.97. The summed E-state index contributed by atoms with van der Waals surface area (Å²) in [5, 5.41) is 13.2. The van der Waals surface area contributed by atoms with Crippen LogP contribution < -0.4 is 0 Å². The van der Waals surface area contributed by atoms with Gasteiger partial charge in [0.15, 0.2) is 0 Å². The number of carbonyl (C=O) groups is 2. The predicted octanol–water partition coefficient (Wildman–Crippen LogP) is 2.52. The molecule has 1 amide bonds. The molecule has 2 heterocycles. The molecule has 0 aliphatic carbocycles. The van der Waals surface area contributed by atoms with Gasteiger partial charge in [0.1, 0.15) is 0 Å². The van der Waals surface area contributed by atoms with Crippen molar-refractivity contribution in [2.24, 2.45) is 5.41 Å². The van der Waals surface area contributed by atoms with E-state index in [1.807, 2.05) is 0 Å². The minimum atomic E-state index is -0.868. The number of carbonyl (C=O) groups excluding carboxylic acids is 1. The molecule has 0 aromatic carbocycles. The number of nitrogens with zero attached hydrogens (tertiary/aromatic N) is 2. The smallest absolute Gasteiger partial charge is 0.311 e. The molecule has 6 nitrogen and oxygen atoms in total. The predicted molar refractivity (Wildman–Crippen MR) is 76.1 cm³/mol. The van der Waals surface area contributed by atoms with Crippen LogP contribution in [0.4, 0.5) is 0 Å². The Morgan fingerprint density at radius 3 is 2.67 bits per heavy atom. The Morgan fingerprint density at radius 1 is 1.48 bits per heavy atom. The molecule has 2 rings (SSSR count). The summed E-state index contributed by atoms with van der Waals surface area (Å²) in [5.74, 6) is -0.650. The quantitative estimate of drug-likeness (QED) is 0.902. The van der Waals surface area contributed by atoms with Crippen molar-refractivity contribution in [1.29, 1.82) is 0 Å². The Kier molecular flexibility index (Phi) is 4.34. The van der Waals surface area contributed by atoms with Crippen molar-refractivity contribution in [3.63, 3.8) is 0 Å². The lowest BCUT2D eigenvalue weighted by molar-refractivity contribution is -0.147. The third-order valence-corrected chi connectivity index (χ3v) is 4.42. The summed E-state index contributed by atoms with van der Waals surface area (Å²) >= 11 is 0. The summed E-state index contributed by atoms with van der Waals surface area (Å²) in [6, 6.07) is 1.69. The van der Waals surface area contributed by atoms with Gasteiger partial charge in [-0.15, -0.1) is 0 Å². The first-order valence-electron chi connectivity index (χ1n) is 7.40. The van der Waals surface area contributed by atoms with Crippen LogP contribution in [0.25, 0.3) is 0 Å². The van der Waals surface area contributed by atoms with Crippen LogP contribution in [0.2, 0.25) is 0 Å². The van der Waals surface area contributed by atoms with Crippen LogP contribution in [0.3, 0.4) is 0 Å². The Morgan fingerprint density at radius 2 is 2.14 bits per heavy atom. The van der Waals surface area contributed by atoms with E-state index < -0.39 is 11.4 Å². The van der Waals surface area contributed by atoms with E-state index in [1.165, 1.54) is 4.90 Å². The normalized spacial score (nSPS) is 22.0. The maximum absolute atomic E-state index is 12.4. The number of hydrogen-bond acceptors (Lipinski definition) is 4. The van der Waals surface area contributed by atoms with E-state index in [1.54, 1.807) is 13.0 Å². The highest BCUT2D eigenvalue weighted by molar-refractivity contribution is 5.92. The zero-order chi connectivity index (χ0) is 15.6. The van der Waals surface area contributed by atoms with Crippen molar-refractivity contribution in [1.82, 2.24) is 10.1 Å². The highest BCUT2D eigenvalue weighted by atomic mass is 16.5. The van der Waals surface area contributed by atoms with E-state index >= 15 is 0 Å². The summed E-state index contributed by atoms with van der Waals surface area (Å²) in [5.41, 5.74) is -0.0722. The molecule has 1 aliphatic heterocycles. The SMILES string of the molecule is CCC(CC)c1cc(C(=O)N2CCC(C)(C(=O)O)C2)on1. The lowest BCUT2D eigenvalue weighted by Gasteiger charge is -2.19. The van der Waals surface area contributed by atoms with E-state index in [9.17, 15) is 14.7 Å². The third-order valence-electron chi connectivity index (χ3n) is 4.42. The second kappa shape index (κ2) is 5.87. The molecule has 0 saturated carbocycles. The number of amides is 1. The van der Waals surface area contributed by atoms with Gasteiger partial charge >= 0.3 is 5.97 Å². The zero-order valence-electron chi connectivity index (χ0n) is 12.8. The number of hydrogen-bond donors (Lipinski definition) is 1. The van der Waals surface area contributed by atoms with E-state index in [-0.39, 0.29) is 24.1 Å². The molecule has 6 heteroatoms. The van der Waals surface area contributed by atoms with Gasteiger partial charge in [0.05, 0.1) is 11.1 Å².